The number of fused-ring (bicyclic) bond motifs is 3. The summed E-state index contributed by atoms with van der Waals surface area (Å²) in [4.78, 5) is 34.1. The van der Waals surface area contributed by atoms with Crippen LogP contribution in [0.25, 0.3) is 21.8 Å². The van der Waals surface area contributed by atoms with Crippen LogP contribution in [0.4, 0.5) is 0 Å². The summed E-state index contributed by atoms with van der Waals surface area (Å²) in [5.74, 6) is 0.0335. The van der Waals surface area contributed by atoms with E-state index in [0.717, 1.165) is 54.5 Å². The first-order chi connectivity index (χ1) is 18.4. The lowest BCUT2D eigenvalue weighted by molar-refractivity contribution is 0.0494. The molecular formula is C28H35N7O3. The van der Waals surface area contributed by atoms with E-state index in [1.807, 2.05) is 39.5 Å². The van der Waals surface area contributed by atoms with Gasteiger partial charge in [0.15, 0.2) is 0 Å². The zero-order valence-corrected chi connectivity index (χ0v) is 22.3. The Kier molecular flexibility index (Phi) is 6.53. The highest BCUT2D eigenvalue weighted by Crippen LogP contribution is 2.30. The van der Waals surface area contributed by atoms with Gasteiger partial charge in [0.2, 0.25) is 0 Å². The van der Waals surface area contributed by atoms with Crippen molar-refractivity contribution in [1.82, 2.24) is 34.3 Å². The summed E-state index contributed by atoms with van der Waals surface area (Å²) < 4.78 is 9.46. The maximum absolute atomic E-state index is 13.8. The molecule has 2 aliphatic heterocycles. The first-order valence-corrected chi connectivity index (χ1v) is 13.6. The molecule has 2 fully saturated rings. The van der Waals surface area contributed by atoms with Crippen molar-refractivity contribution >= 4 is 27.7 Å². The molecule has 0 radical (unpaired) electrons. The Bertz CT molecular complexity index is 1550. The second kappa shape index (κ2) is 9.99. The number of carbonyl (C=O) groups excluding carboxylic acids is 1. The van der Waals surface area contributed by atoms with Crippen LogP contribution in [0.5, 0.6) is 0 Å². The molecule has 3 aromatic heterocycles. The van der Waals surface area contributed by atoms with Gasteiger partial charge in [-0.05, 0) is 51.3 Å². The number of ether oxygens (including phenoxy) is 1. The number of hydrogen-bond donors (Lipinski definition) is 1. The molecule has 1 amide bonds. The van der Waals surface area contributed by atoms with Crippen LogP contribution in [-0.4, -0.2) is 79.1 Å². The Morgan fingerprint density at radius 2 is 1.95 bits per heavy atom. The number of carbonyl (C=O) groups is 1. The van der Waals surface area contributed by atoms with Crippen molar-refractivity contribution in [1.29, 1.82) is 0 Å². The SMILES string of the molecule is CCn1cc(CN2CCN(C(=O)c3cc4c(cc3C)[nH]c(=O)c3cnn(C5CCOCC5)c34)C[C@@H]2C)cn1. The number of aryl methyl sites for hydroxylation is 2. The van der Waals surface area contributed by atoms with Gasteiger partial charge < -0.3 is 14.6 Å². The molecule has 0 aliphatic carbocycles. The number of nitrogens with one attached hydrogen (secondary N) is 1. The molecule has 0 spiro atoms. The molecular weight excluding hydrogens is 482 g/mol. The van der Waals surface area contributed by atoms with Gasteiger partial charge in [-0.2, -0.15) is 10.2 Å². The van der Waals surface area contributed by atoms with Crippen molar-refractivity contribution in [2.24, 2.45) is 0 Å². The largest absolute Gasteiger partial charge is 0.381 e. The van der Waals surface area contributed by atoms with Crippen molar-refractivity contribution in [2.75, 3.05) is 32.8 Å². The molecule has 0 unspecified atom stereocenters. The minimum Gasteiger partial charge on any atom is -0.381 e. The second-order valence-electron chi connectivity index (χ2n) is 10.6. The van der Waals surface area contributed by atoms with Gasteiger partial charge in [0.25, 0.3) is 11.5 Å². The van der Waals surface area contributed by atoms with Gasteiger partial charge in [0.1, 0.15) is 0 Å². The van der Waals surface area contributed by atoms with Crippen molar-refractivity contribution in [2.45, 2.75) is 58.8 Å². The highest BCUT2D eigenvalue weighted by atomic mass is 16.5. The molecule has 4 aromatic rings. The standard InChI is InChI=1S/C28H35N7O3/c1-4-34-17-20(13-29-34)16-32-7-8-33(15-19(32)3)28(37)22-12-23-25(11-18(22)2)31-27(36)24-14-30-35(26(23)24)21-5-9-38-10-6-21/h11-14,17,19,21H,4-10,15-16H2,1-3H3,(H,31,36)/t19-/m0/s1. The topological polar surface area (TPSA) is 101 Å². The Hall–Kier alpha value is -3.50. The van der Waals surface area contributed by atoms with Gasteiger partial charge in [0.05, 0.1) is 34.9 Å². The van der Waals surface area contributed by atoms with Gasteiger partial charge in [-0.15, -0.1) is 0 Å². The highest BCUT2D eigenvalue weighted by molar-refractivity contribution is 6.07. The van der Waals surface area contributed by atoms with Crippen molar-refractivity contribution in [3.63, 3.8) is 0 Å². The number of amides is 1. The van der Waals surface area contributed by atoms with E-state index in [4.69, 9.17) is 4.74 Å². The number of piperazine rings is 1. The number of hydrogen-bond acceptors (Lipinski definition) is 6. The van der Waals surface area contributed by atoms with Gasteiger partial charge in [-0.3, -0.25) is 23.9 Å². The molecule has 200 valence electrons. The number of pyridine rings is 1. The normalized spacial score (nSPS) is 19.6. The Morgan fingerprint density at radius 1 is 1.13 bits per heavy atom. The third-order valence-electron chi connectivity index (χ3n) is 8.12. The monoisotopic (exact) mass is 517 g/mol. The van der Waals surface area contributed by atoms with Gasteiger partial charge in [0, 0.05) is 74.7 Å². The van der Waals surface area contributed by atoms with E-state index < -0.39 is 0 Å². The number of benzene rings is 1. The van der Waals surface area contributed by atoms with Crippen LogP contribution in [-0.2, 0) is 17.8 Å². The summed E-state index contributed by atoms with van der Waals surface area (Å²) in [7, 11) is 0. The summed E-state index contributed by atoms with van der Waals surface area (Å²) in [5.41, 5.74) is 4.11. The van der Waals surface area contributed by atoms with Crippen LogP contribution >= 0.6 is 0 Å². The van der Waals surface area contributed by atoms with Crippen LogP contribution in [0, 0.1) is 6.92 Å². The summed E-state index contributed by atoms with van der Waals surface area (Å²) >= 11 is 0. The van der Waals surface area contributed by atoms with Crippen molar-refractivity contribution < 1.29 is 9.53 Å². The zero-order valence-electron chi connectivity index (χ0n) is 22.3. The fourth-order valence-electron chi connectivity index (χ4n) is 5.91. The first kappa shape index (κ1) is 24.8. The molecule has 10 nitrogen and oxygen atoms in total. The second-order valence-corrected chi connectivity index (χ2v) is 10.6. The van der Waals surface area contributed by atoms with Crippen LogP contribution in [0.2, 0.25) is 0 Å². The average Bonchev–Trinajstić information content (AvgIpc) is 3.58. The van der Waals surface area contributed by atoms with E-state index in [9.17, 15) is 9.59 Å². The van der Waals surface area contributed by atoms with Crippen LogP contribution < -0.4 is 5.56 Å². The summed E-state index contributed by atoms with van der Waals surface area (Å²) in [5, 5.41) is 10.4. The predicted molar refractivity (Wildman–Crippen MR) is 145 cm³/mol. The minimum atomic E-state index is -0.154. The molecule has 5 heterocycles. The fourth-order valence-corrected chi connectivity index (χ4v) is 5.91. The maximum Gasteiger partial charge on any atom is 0.259 e. The van der Waals surface area contributed by atoms with Crippen molar-refractivity contribution in [3.8, 4) is 0 Å². The van der Waals surface area contributed by atoms with Crippen LogP contribution in [0.1, 0.15) is 54.2 Å². The molecule has 2 saturated heterocycles. The molecule has 0 saturated carbocycles. The number of nitrogens with zero attached hydrogens (tertiary/aromatic N) is 6. The molecule has 2 aliphatic rings. The first-order valence-electron chi connectivity index (χ1n) is 13.6. The Morgan fingerprint density at radius 3 is 2.68 bits per heavy atom. The van der Waals surface area contributed by atoms with Crippen LogP contribution in [0.15, 0.2) is 35.5 Å². The predicted octanol–water partition coefficient (Wildman–Crippen LogP) is 3.10. The lowest BCUT2D eigenvalue weighted by Gasteiger charge is -2.40. The van der Waals surface area contributed by atoms with Gasteiger partial charge in [-0.1, -0.05) is 0 Å². The van der Waals surface area contributed by atoms with E-state index in [1.165, 1.54) is 5.56 Å². The Labute approximate surface area is 221 Å². The Balaban J connectivity index is 1.29. The zero-order chi connectivity index (χ0) is 26.4. The van der Waals surface area contributed by atoms with E-state index in [0.29, 0.717) is 37.3 Å². The van der Waals surface area contributed by atoms with E-state index in [-0.39, 0.29) is 23.6 Å². The number of H-pyrrole nitrogens is 1. The highest BCUT2D eigenvalue weighted by Gasteiger charge is 2.29. The average molecular weight is 518 g/mol. The van der Waals surface area contributed by atoms with E-state index >= 15 is 0 Å². The molecule has 6 rings (SSSR count). The minimum absolute atomic E-state index is 0.0335. The van der Waals surface area contributed by atoms with Gasteiger partial charge in [-0.25, -0.2) is 0 Å². The summed E-state index contributed by atoms with van der Waals surface area (Å²) in [6.45, 7) is 11.4. The molecule has 1 aromatic carbocycles. The third kappa shape index (κ3) is 4.41. The molecule has 0 bridgehead atoms. The third-order valence-corrected chi connectivity index (χ3v) is 8.12. The molecule has 1 atom stereocenters. The van der Waals surface area contributed by atoms with E-state index in [1.54, 1.807) is 6.20 Å². The lowest BCUT2D eigenvalue weighted by Crippen LogP contribution is -2.53. The summed E-state index contributed by atoms with van der Waals surface area (Å²) in [6, 6.07) is 4.29. The summed E-state index contributed by atoms with van der Waals surface area (Å²) in [6.07, 6.45) is 7.38. The number of aromatic nitrogens is 5. The molecule has 1 N–H and O–H groups in total. The molecule has 38 heavy (non-hydrogen) atoms. The van der Waals surface area contributed by atoms with Crippen molar-refractivity contribution in [3.05, 3.63) is 57.8 Å². The fraction of sp³-hybridized carbons (Fsp3) is 0.500. The van der Waals surface area contributed by atoms with E-state index in [2.05, 4.69) is 40.1 Å². The quantitative estimate of drug-likeness (QED) is 0.437. The maximum atomic E-state index is 13.8. The number of aromatic amines is 1. The number of rotatable bonds is 5. The van der Waals surface area contributed by atoms with Crippen LogP contribution in [0.3, 0.4) is 0 Å². The lowest BCUT2D eigenvalue weighted by atomic mass is 10.0. The van der Waals surface area contributed by atoms with Gasteiger partial charge >= 0.3 is 0 Å². The smallest absolute Gasteiger partial charge is 0.259 e. The molecule has 10 heteroatoms.